The summed E-state index contributed by atoms with van der Waals surface area (Å²) < 4.78 is 18.7. The monoisotopic (exact) mass is 214 g/mol. The van der Waals surface area contributed by atoms with E-state index in [1.54, 1.807) is 6.07 Å². The van der Waals surface area contributed by atoms with E-state index in [1.807, 2.05) is 0 Å². The first-order chi connectivity index (χ1) is 7.24. The van der Waals surface area contributed by atoms with E-state index in [1.165, 1.54) is 12.4 Å². The predicted molar refractivity (Wildman–Crippen MR) is 47.6 cm³/mol. The number of rotatable bonds is 2. The summed E-state index contributed by atoms with van der Waals surface area (Å²) >= 11 is 0. The van der Waals surface area contributed by atoms with Crippen LogP contribution in [-0.4, -0.2) is 45.2 Å². The Bertz CT molecular complexity index is 324. The van der Waals surface area contributed by atoms with Crippen LogP contribution in [0, 0.1) is 0 Å². The molecule has 0 bridgehead atoms. The number of halogens is 1. The van der Waals surface area contributed by atoms with Gasteiger partial charge in [-0.2, -0.15) is 0 Å². The number of alkyl halides is 1. The summed E-state index contributed by atoms with van der Waals surface area (Å²) in [5.41, 5.74) is 0. The summed E-state index contributed by atoms with van der Waals surface area (Å²) in [6.07, 6.45) is -1.91. The van der Waals surface area contributed by atoms with Crippen LogP contribution in [0.4, 0.5) is 4.39 Å². The molecule has 15 heavy (non-hydrogen) atoms. The molecule has 1 saturated heterocycles. The van der Waals surface area contributed by atoms with Gasteiger partial charge < -0.3 is 14.9 Å². The van der Waals surface area contributed by atoms with Crippen LogP contribution in [0.25, 0.3) is 0 Å². The summed E-state index contributed by atoms with van der Waals surface area (Å²) in [6.45, 7) is -0.426. The highest BCUT2D eigenvalue weighted by atomic mass is 19.1. The Morgan fingerprint density at radius 2 is 2.07 bits per heavy atom. The zero-order valence-electron chi connectivity index (χ0n) is 7.82. The largest absolute Gasteiger partial charge is 0.394 e. The zero-order chi connectivity index (χ0) is 10.8. The van der Waals surface area contributed by atoms with Crippen molar-refractivity contribution in [3.05, 3.63) is 24.3 Å². The molecular weight excluding hydrogens is 203 g/mol. The van der Waals surface area contributed by atoms with E-state index in [-0.39, 0.29) is 5.82 Å². The van der Waals surface area contributed by atoms with Crippen LogP contribution in [0.2, 0.25) is 0 Å². The lowest BCUT2D eigenvalue weighted by Gasteiger charge is -2.10. The summed E-state index contributed by atoms with van der Waals surface area (Å²) in [6, 6.07) is 1.60. The first kappa shape index (κ1) is 10.4. The molecule has 82 valence electrons. The fraction of sp³-hybridized carbons (Fsp3) is 0.556. The van der Waals surface area contributed by atoms with Gasteiger partial charge in [-0.1, -0.05) is 0 Å². The van der Waals surface area contributed by atoms with Crippen molar-refractivity contribution >= 4 is 0 Å². The summed E-state index contributed by atoms with van der Waals surface area (Å²) in [4.78, 5) is 7.69. The molecule has 0 aromatic carbocycles. The molecule has 1 unspecified atom stereocenters. The van der Waals surface area contributed by atoms with Crippen LogP contribution in [0.5, 0.6) is 0 Å². The third-order valence-electron chi connectivity index (χ3n) is 2.34. The summed E-state index contributed by atoms with van der Waals surface area (Å²) in [7, 11) is 0. The number of hydrogen-bond donors (Lipinski definition) is 2. The molecular formula is C9H11FN2O3. The maximum absolute atomic E-state index is 13.5. The van der Waals surface area contributed by atoms with E-state index in [9.17, 15) is 9.50 Å². The van der Waals surface area contributed by atoms with Gasteiger partial charge in [-0.25, -0.2) is 14.4 Å². The Morgan fingerprint density at radius 1 is 1.40 bits per heavy atom. The number of aromatic nitrogens is 2. The van der Waals surface area contributed by atoms with Crippen molar-refractivity contribution in [1.29, 1.82) is 0 Å². The molecule has 1 fully saturated rings. The average Bonchev–Trinajstić information content (AvgIpc) is 2.57. The Balaban J connectivity index is 2.19. The average molecular weight is 214 g/mol. The molecule has 1 aromatic rings. The van der Waals surface area contributed by atoms with Crippen LogP contribution >= 0.6 is 0 Å². The fourth-order valence-electron chi connectivity index (χ4n) is 1.54. The second-order valence-corrected chi connectivity index (χ2v) is 3.32. The minimum Gasteiger partial charge on any atom is -0.394 e. The predicted octanol–water partition coefficient (Wildman–Crippen LogP) is -0.392. The summed E-state index contributed by atoms with van der Waals surface area (Å²) in [5, 5.41) is 18.2. The number of ether oxygens (including phenoxy) is 1. The van der Waals surface area contributed by atoms with Gasteiger partial charge >= 0.3 is 0 Å². The van der Waals surface area contributed by atoms with Crippen molar-refractivity contribution < 1.29 is 19.3 Å². The lowest BCUT2D eigenvalue weighted by molar-refractivity contribution is -0.0248. The van der Waals surface area contributed by atoms with Crippen LogP contribution in [0.1, 0.15) is 11.9 Å². The molecule has 0 aliphatic carbocycles. The maximum atomic E-state index is 13.5. The molecule has 0 spiro atoms. The highest BCUT2D eigenvalue weighted by molar-refractivity contribution is 5.03. The molecule has 6 heteroatoms. The summed E-state index contributed by atoms with van der Waals surface area (Å²) in [5.74, 6) is 0.181. The molecule has 0 saturated carbocycles. The van der Waals surface area contributed by atoms with Crippen LogP contribution in [0.3, 0.4) is 0 Å². The van der Waals surface area contributed by atoms with Crippen LogP contribution in [-0.2, 0) is 4.74 Å². The third kappa shape index (κ3) is 1.83. The Kier molecular flexibility index (Phi) is 2.90. The van der Waals surface area contributed by atoms with Gasteiger partial charge in [0.25, 0.3) is 0 Å². The molecule has 2 heterocycles. The van der Waals surface area contributed by atoms with Gasteiger partial charge in [0.15, 0.2) is 18.1 Å². The van der Waals surface area contributed by atoms with E-state index >= 15 is 0 Å². The molecule has 0 amide bonds. The normalized spacial score (nSPS) is 35.7. The number of hydrogen-bond acceptors (Lipinski definition) is 5. The maximum Gasteiger partial charge on any atom is 0.162 e. The quantitative estimate of drug-likeness (QED) is 0.701. The van der Waals surface area contributed by atoms with Crippen molar-refractivity contribution in [2.75, 3.05) is 6.61 Å². The molecule has 4 atom stereocenters. The van der Waals surface area contributed by atoms with Gasteiger partial charge in [0.1, 0.15) is 12.2 Å². The zero-order valence-corrected chi connectivity index (χ0v) is 7.82. The Hall–Kier alpha value is -1.11. The van der Waals surface area contributed by atoms with Gasteiger partial charge in [-0.15, -0.1) is 0 Å². The Morgan fingerprint density at radius 3 is 2.60 bits per heavy atom. The van der Waals surface area contributed by atoms with Crippen molar-refractivity contribution in [1.82, 2.24) is 9.97 Å². The second-order valence-electron chi connectivity index (χ2n) is 3.32. The van der Waals surface area contributed by atoms with Crippen molar-refractivity contribution in [2.45, 2.75) is 24.5 Å². The van der Waals surface area contributed by atoms with Crippen LogP contribution < -0.4 is 0 Å². The standard InChI is InChI=1S/C9H11FN2O3/c10-6-7(14)5(4-13)15-8(6)9-11-2-1-3-12-9/h1-3,5-8,13-14H,4H2/t5-,6-,7-,8?/m1/s1. The lowest BCUT2D eigenvalue weighted by Crippen LogP contribution is -2.30. The van der Waals surface area contributed by atoms with E-state index in [0.29, 0.717) is 0 Å². The van der Waals surface area contributed by atoms with Crippen LogP contribution in [0.15, 0.2) is 18.5 Å². The first-order valence-electron chi connectivity index (χ1n) is 4.59. The Labute approximate surface area is 85.6 Å². The van der Waals surface area contributed by atoms with E-state index in [4.69, 9.17) is 9.84 Å². The number of nitrogens with zero attached hydrogens (tertiary/aromatic N) is 2. The number of aliphatic hydroxyl groups excluding tert-OH is 2. The highest BCUT2D eigenvalue weighted by Gasteiger charge is 2.45. The minimum absolute atomic E-state index is 0.181. The van der Waals surface area contributed by atoms with Gasteiger partial charge in [0, 0.05) is 12.4 Å². The van der Waals surface area contributed by atoms with E-state index in [2.05, 4.69) is 9.97 Å². The van der Waals surface area contributed by atoms with Crippen molar-refractivity contribution in [3.63, 3.8) is 0 Å². The van der Waals surface area contributed by atoms with Gasteiger partial charge in [0.2, 0.25) is 0 Å². The molecule has 0 radical (unpaired) electrons. The lowest BCUT2D eigenvalue weighted by atomic mass is 10.1. The van der Waals surface area contributed by atoms with Crippen molar-refractivity contribution in [2.24, 2.45) is 0 Å². The second kappa shape index (κ2) is 4.18. The minimum atomic E-state index is -1.61. The SMILES string of the molecule is OC[C@H]1OC(c2ncccn2)[C@H](F)[C@@H]1O. The molecule has 5 nitrogen and oxygen atoms in total. The highest BCUT2D eigenvalue weighted by Crippen LogP contribution is 2.33. The molecule has 2 N–H and O–H groups in total. The molecule has 1 aromatic heterocycles. The molecule has 1 aliphatic rings. The smallest absolute Gasteiger partial charge is 0.162 e. The molecule has 2 rings (SSSR count). The third-order valence-corrected chi connectivity index (χ3v) is 2.34. The fourth-order valence-corrected chi connectivity index (χ4v) is 1.54. The van der Waals surface area contributed by atoms with E-state index in [0.717, 1.165) is 0 Å². The first-order valence-corrected chi connectivity index (χ1v) is 4.59. The van der Waals surface area contributed by atoms with Gasteiger partial charge in [0.05, 0.1) is 6.61 Å². The van der Waals surface area contributed by atoms with Gasteiger partial charge in [-0.05, 0) is 6.07 Å². The molecule has 1 aliphatic heterocycles. The van der Waals surface area contributed by atoms with Gasteiger partial charge in [-0.3, -0.25) is 0 Å². The van der Waals surface area contributed by atoms with E-state index < -0.39 is 31.1 Å². The van der Waals surface area contributed by atoms with Crippen molar-refractivity contribution in [3.8, 4) is 0 Å². The number of aliphatic hydroxyl groups is 2. The topological polar surface area (TPSA) is 75.5 Å².